The molecule has 0 aliphatic heterocycles. The molecule has 19 heavy (non-hydrogen) atoms. The van der Waals surface area contributed by atoms with Gasteiger partial charge < -0.3 is 10.8 Å². The number of carboxylic acid groups (broad SMARTS) is 1. The average molecular weight is 255 g/mol. The van der Waals surface area contributed by atoms with Gasteiger partial charge in [-0.2, -0.15) is 0 Å². The maximum Gasteiger partial charge on any atom is 0.335 e. The normalized spacial score (nSPS) is 12.1. The Balaban J connectivity index is 2.19. The van der Waals surface area contributed by atoms with Gasteiger partial charge in [0.05, 0.1) is 5.56 Å². The minimum absolute atomic E-state index is 0.153. The second kappa shape index (κ2) is 5.67. The predicted octanol–water partition coefficient (Wildman–Crippen LogP) is 2.94. The molecule has 98 valence electrons. The Morgan fingerprint density at radius 2 is 1.53 bits per heavy atom. The monoisotopic (exact) mass is 255 g/mol. The van der Waals surface area contributed by atoms with E-state index in [-0.39, 0.29) is 6.04 Å². The number of benzene rings is 2. The van der Waals surface area contributed by atoms with Crippen LogP contribution in [0.2, 0.25) is 0 Å². The van der Waals surface area contributed by atoms with Crippen molar-refractivity contribution in [3.8, 4) is 11.1 Å². The second-order valence-corrected chi connectivity index (χ2v) is 4.76. The van der Waals surface area contributed by atoms with Crippen LogP contribution in [0.15, 0.2) is 48.5 Å². The lowest BCUT2D eigenvalue weighted by Crippen LogP contribution is -2.17. The van der Waals surface area contributed by atoms with E-state index in [2.05, 4.69) is 12.1 Å². The number of hydrogen-bond acceptors (Lipinski definition) is 2. The lowest BCUT2D eigenvalue weighted by molar-refractivity contribution is 0.0697. The van der Waals surface area contributed by atoms with Crippen molar-refractivity contribution in [1.29, 1.82) is 0 Å². The van der Waals surface area contributed by atoms with Crippen molar-refractivity contribution in [2.45, 2.75) is 19.4 Å². The van der Waals surface area contributed by atoms with Crippen LogP contribution in [0, 0.1) is 0 Å². The van der Waals surface area contributed by atoms with Gasteiger partial charge in [-0.25, -0.2) is 4.79 Å². The van der Waals surface area contributed by atoms with Gasteiger partial charge in [-0.05, 0) is 42.2 Å². The summed E-state index contributed by atoms with van der Waals surface area (Å²) in [6.07, 6.45) is 0.859. The van der Waals surface area contributed by atoms with Gasteiger partial charge in [-0.15, -0.1) is 0 Å². The molecule has 1 unspecified atom stereocenters. The average Bonchev–Trinajstić information content (AvgIpc) is 2.39. The van der Waals surface area contributed by atoms with Crippen LogP contribution in [0.1, 0.15) is 22.8 Å². The van der Waals surface area contributed by atoms with E-state index in [1.807, 2.05) is 31.2 Å². The first-order chi connectivity index (χ1) is 9.06. The lowest BCUT2D eigenvalue weighted by atomic mass is 10.0. The van der Waals surface area contributed by atoms with Crippen molar-refractivity contribution in [3.63, 3.8) is 0 Å². The van der Waals surface area contributed by atoms with E-state index in [4.69, 9.17) is 10.8 Å². The standard InChI is InChI=1S/C16H17NO2/c1-11(17)10-12-2-4-13(5-3-12)14-6-8-15(9-7-14)16(18)19/h2-9,11H,10,17H2,1H3,(H,18,19). The van der Waals surface area contributed by atoms with Gasteiger partial charge in [0, 0.05) is 6.04 Å². The molecule has 0 fully saturated rings. The molecule has 3 heteroatoms. The molecule has 0 saturated heterocycles. The van der Waals surface area contributed by atoms with E-state index in [1.165, 1.54) is 5.56 Å². The molecule has 0 aliphatic carbocycles. The zero-order chi connectivity index (χ0) is 13.8. The molecule has 2 rings (SSSR count). The summed E-state index contributed by atoms with van der Waals surface area (Å²) in [5, 5.41) is 8.85. The molecule has 0 aromatic heterocycles. The highest BCUT2D eigenvalue weighted by atomic mass is 16.4. The number of rotatable bonds is 4. The van der Waals surface area contributed by atoms with Crippen molar-refractivity contribution in [1.82, 2.24) is 0 Å². The Labute approximate surface area is 112 Å². The Kier molecular flexibility index (Phi) is 3.97. The molecule has 2 aromatic carbocycles. The van der Waals surface area contributed by atoms with E-state index in [0.717, 1.165) is 17.5 Å². The van der Waals surface area contributed by atoms with E-state index in [0.29, 0.717) is 5.56 Å². The summed E-state index contributed by atoms with van der Waals surface area (Å²) in [5.74, 6) is -0.904. The van der Waals surface area contributed by atoms with Gasteiger partial charge in [0.1, 0.15) is 0 Å². The van der Waals surface area contributed by atoms with Crippen LogP contribution in [-0.2, 0) is 6.42 Å². The van der Waals surface area contributed by atoms with Gasteiger partial charge >= 0.3 is 5.97 Å². The minimum Gasteiger partial charge on any atom is -0.478 e. The molecule has 3 N–H and O–H groups in total. The fourth-order valence-corrected chi connectivity index (χ4v) is 2.01. The Bertz CT molecular complexity index is 556. The highest BCUT2D eigenvalue weighted by molar-refractivity contribution is 5.88. The van der Waals surface area contributed by atoms with Crippen molar-refractivity contribution in [2.75, 3.05) is 0 Å². The summed E-state index contributed by atoms with van der Waals surface area (Å²) >= 11 is 0. The predicted molar refractivity (Wildman–Crippen MR) is 76.2 cm³/mol. The van der Waals surface area contributed by atoms with Gasteiger partial charge in [0.15, 0.2) is 0 Å². The fraction of sp³-hybridized carbons (Fsp3) is 0.188. The molecule has 0 radical (unpaired) electrons. The molecule has 0 aliphatic rings. The summed E-state index contributed by atoms with van der Waals surface area (Å²) in [4.78, 5) is 10.8. The van der Waals surface area contributed by atoms with Crippen LogP contribution in [0.5, 0.6) is 0 Å². The van der Waals surface area contributed by atoms with Gasteiger partial charge in [-0.3, -0.25) is 0 Å². The molecule has 0 amide bonds. The largest absolute Gasteiger partial charge is 0.478 e. The summed E-state index contributed by atoms with van der Waals surface area (Å²) in [6, 6.07) is 15.2. The summed E-state index contributed by atoms with van der Waals surface area (Å²) in [6.45, 7) is 1.98. The first kappa shape index (κ1) is 13.3. The van der Waals surface area contributed by atoms with E-state index < -0.39 is 5.97 Å². The van der Waals surface area contributed by atoms with E-state index >= 15 is 0 Å². The van der Waals surface area contributed by atoms with Gasteiger partial charge in [-0.1, -0.05) is 36.4 Å². The molecule has 0 saturated carbocycles. The quantitative estimate of drug-likeness (QED) is 0.882. The van der Waals surface area contributed by atoms with Crippen molar-refractivity contribution in [3.05, 3.63) is 59.7 Å². The van der Waals surface area contributed by atoms with E-state index in [9.17, 15) is 4.79 Å². The fourth-order valence-electron chi connectivity index (χ4n) is 2.01. The molecule has 2 aromatic rings. The lowest BCUT2D eigenvalue weighted by Gasteiger charge is -2.07. The second-order valence-electron chi connectivity index (χ2n) is 4.76. The Morgan fingerprint density at radius 1 is 1.05 bits per heavy atom. The first-order valence-electron chi connectivity index (χ1n) is 6.24. The third-order valence-electron chi connectivity index (χ3n) is 2.98. The molecular weight excluding hydrogens is 238 g/mol. The number of aromatic carboxylic acids is 1. The summed E-state index contributed by atoms with van der Waals surface area (Å²) < 4.78 is 0. The first-order valence-corrected chi connectivity index (χ1v) is 6.24. The van der Waals surface area contributed by atoms with Crippen LogP contribution >= 0.6 is 0 Å². The number of nitrogens with two attached hydrogens (primary N) is 1. The van der Waals surface area contributed by atoms with Crippen molar-refractivity contribution >= 4 is 5.97 Å². The van der Waals surface area contributed by atoms with Gasteiger partial charge in [0.2, 0.25) is 0 Å². The maximum atomic E-state index is 10.8. The minimum atomic E-state index is -0.904. The topological polar surface area (TPSA) is 63.3 Å². The SMILES string of the molecule is CC(N)Cc1ccc(-c2ccc(C(=O)O)cc2)cc1. The third-order valence-corrected chi connectivity index (χ3v) is 2.98. The smallest absolute Gasteiger partial charge is 0.335 e. The highest BCUT2D eigenvalue weighted by Gasteiger charge is 2.03. The molecule has 0 heterocycles. The van der Waals surface area contributed by atoms with E-state index in [1.54, 1.807) is 12.1 Å². The molecule has 0 bridgehead atoms. The zero-order valence-electron chi connectivity index (χ0n) is 10.8. The molecular formula is C16H17NO2. The summed E-state index contributed by atoms with van der Waals surface area (Å²) in [7, 11) is 0. The van der Waals surface area contributed by atoms with Crippen LogP contribution in [0.4, 0.5) is 0 Å². The number of hydrogen-bond donors (Lipinski definition) is 2. The molecule has 3 nitrogen and oxygen atoms in total. The van der Waals surface area contributed by atoms with Gasteiger partial charge in [0.25, 0.3) is 0 Å². The van der Waals surface area contributed by atoms with Crippen LogP contribution in [0.25, 0.3) is 11.1 Å². The van der Waals surface area contributed by atoms with Crippen LogP contribution in [-0.4, -0.2) is 17.1 Å². The maximum absolute atomic E-state index is 10.8. The third kappa shape index (κ3) is 3.42. The summed E-state index contributed by atoms with van der Waals surface area (Å²) in [5.41, 5.74) is 9.36. The molecule has 0 spiro atoms. The Morgan fingerprint density at radius 3 is 1.95 bits per heavy atom. The Hall–Kier alpha value is -2.13. The highest BCUT2D eigenvalue weighted by Crippen LogP contribution is 2.20. The van der Waals surface area contributed by atoms with Crippen LogP contribution < -0.4 is 5.73 Å². The zero-order valence-corrected chi connectivity index (χ0v) is 10.8. The van der Waals surface area contributed by atoms with Crippen LogP contribution in [0.3, 0.4) is 0 Å². The van der Waals surface area contributed by atoms with Crippen molar-refractivity contribution in [2.24, 2.45) is 5.73 Å². The molecule has 1 atom stereocenters. The van der Waals surface area contributed by atoms with Crippen molar-refractivity contribution < 1.29 is 9.90 Å². The number of carbonyl (C=O) groups is 1. The number of carboxylic acids is 1.